The van der Waals surface area contributed by atoms with Crippen LogP contribution in [0.1, 0.15) is 0 Å². The Bertz CT molecular complexity index is 207. The predicted molar refractivity (Wildman–Crippen MR) is 37.6 cm³/mol. The van der Waals surface area contributed by atoms with Gasteiger partial charge in [-0.15, -0.1) is 0 Å². The number of halogens is 2. The molecule has 0 saturated carbocycles. The van der Waals surface area contributed by atoms with Crippen LogP contribution in [0.2, 0.25) is 10.2 Å². The molecular formula is C4H5Cl2N3. The summed E-state index contributed by atoms with van der Waals surface area (Å²) >= 11 is 11.1. The van der Waals surface area contributed by atoms with Gasteiger partial charge in [0.25, 0.3) is 0 Å². The van der Waals surface area contributed by atoms with Crippen molar-refractivity contribution in [2.24, 2.45) is 7.05 Å². The third-order valence-corrected chi connectivity index (χ3v) is 1.85. The first-order valence-electron chi connectivity index (χ1n) is 2.26. The van der Waals surface area contributed by atoms with Crippen molar-refractivity contribution in [3.63, 3.8) is 0 Å². The van der Waals surface area contributed by atoms with Crippen LogP contribution in [0.3, 0.4) is 0 Å². The zero-order valence-electron chi connectivity index (χ0n) is 4.73. The fourth-order valence-electron chi connectivity index (χ4n) is 0.497. The summed E-state index contributed by atoms with van der Waals surface area (Å²) in [6.45, 7) is 0. The molecule has 0 atom stereocenters. The van der Waals surface area contributed by atoms with Gasteiger partial charge in [0.2, 0.25) is 0 Å². The van der Waals surface area contributed by atoms with Gasteiger partial charge in [-0.3, -0.25) is 4.68 Å². The van der Waals surface area contributed by atoms with Crippen LogP contribution in [-0.2, 0) is 7.05 Å². The number of nitrogens with zero attached hydrogens (tertiary/aromatic N) is 2. The summed E-state index contributed by atoms with van der Waals surface area (Å²) < 4.78 is 1.42. The van der Waals surface area contributed by atoms with E-state index in [4.69, 9.17) is 28.9 Å². The van der Waals surface area contributed by atoms with Gasteiger partial charge in [0.05, 0.1) is 0 Å². The molecule has 1 aromatic heterocycles. The second kappa shape index (κ2) is 2.08. The standard InChI is InChI=1S/C4H5Cl2N3/c1-9-3(6)2(5)4(7)8-9/h1H3,(H2,7,8). The van der Waals surface area contributed by atoms with Crippen LogP contribution >= 0.6 is 23.2 Å². The molecule has 0 saturated heterocycles. The zero-order valence-corrected chi connectivity index (χ0v) is 6.24. The van der Waals surface area contributed by atoms with E-state index in [1.807, 2.05) is 0 Å². The second-order valence-corrected chi connectivity index (χ2v) is 2.35. The van der Waals surface area contributed by atoms with Gasteiger partial charge in [-0.25, -0.2) is 0 Å². The second-order valence-electron chi connectivity index (χ2n) is 1.61. The van der Waals surface area contributed by atoms with Crippen molar-refractivity contribution in [1.82, 2.24) is 9.78 Å². The van der Waals surface area contributed by atoms with Gasteiger partial charge in [-0.1, -0.05) is 23.2 Å². The summed E-state index contributed by atoms with van der Waals surface area (Å²) in [5.74, 6) is 0.268. The van der Waals surface area contributed by atoms with E-state index in [9.17, 15) is 0 Å². The third-order valence-electron chi connectivity index (χ3n) is 0.948. The van der Waals surface area contributed by atoms with Crippen LogP contribution in [0, 0.1) is 0 Å². The lowest BCUT2D eigenvalue weighted by Gasteiger charge is -1.86. The Hall–Kier alpha value is -0.410. The number of rotatable bonds is 0. The van der Waals surface area contributed by atoms with E-state index in [1.54, 1.807) is 7.05 Å². The average Bonchev–Trinajstić information content (AvgIpc) is 1.98. The molecule has 0 radical (unpaired) electrons. The fourth-order valence-corrected chi connectivity index (χ4v) is 0.792. The van der Waals surface area contributed by atoms with Crippen molar-refractivity contribution < 1.29 is 0 Å². The molecule has 3 nitrogen and oxygen atoms in total. The Labute approximate surface area is 62.4 Å². The van der Waals surface area contributed by atoms with Crippen LogP contribution in [0.5, 0.6) is 0 Å². The van der Waals surface area contributed by atoms with Crippen LogP contribution in [0.25, 0.3) is 0 Å². The Morgan fingerprint density at radius 1 is 1.56 bits per heavy atom. The number of aryl methyl sites for hydroxylation is 1. The number of nitrogens with two attached hydrogens (primary N) is 1. The molecule has 50 valence electrons. The van der Waals surface area contributed by atoms with E-state index < -0.39 is 0 Å². The Kier molecular flexibility index (Phi) is 1.55. The van der Waals surface area contributed by atoms with E-state index in [2.05, 4.69) is 5.10 Å². The molecule has 0 aliphatic rings. The van der Waals surface area contributed by atoms with Gasteiger partial charge in [-0.2, -0.15) is 5.10 Å². The summed E-state index contributed by atoms with van der Waals surface area (Å²) in [6.07, 6.45) is 0. The molecule has 1 aromatic rings. The molecule has 5 heteroatoms. The minimum atomic E-state index is 0.268. The lowest BCUT2D eigenvalue weighted by molar-refractivity contribution is 0.773. The molecule has 2 N–H and O–H groups in total. The smallest absolute Gasteiger partial charge is 0.165 e. The molecule has 0 bridgehead atoms. The SMILES string of the molecule is Cn1nc(N)c(Cl)c1Cl. The average molecular weight is 166 g/mol. The lowest BCUT2D eigenvalue weighted by Crippen LogP contribution is -1.91. The molecule has 0 aromatic carbocycles. The van der Waals surface area contributed by atoms with Gasteiger partial charge < -0.3 is 5.73 Å². The van der Waals surface area contributed by atoms with E-state index in [-0.39, 0.29) is 5.82 Å². The van der Waals surface area contributed by atoms with Crippen LogP contribution in [0.4, 0.5) is 5.82 Å². The fraction of sp³-hybridized carbons (Fsp3) is 0.250. The van der Waals surface area contributed by atoms with Gasteiger partial charge in [0.1, 0.15) is 10.2 Å². The van der Waals surface area contributed by atoms with Crippen molar-refractivity contribution in [3.05, 3.63) is 10.2 Å². The van der Waals surface area contributed by atoms with Crippen molar-refractivity contribution in [2.45, 2.75) is 0 Å². The van der Waals surface area contributed by atoms with E-state index in [1.165, 1.54) is 4.68 Å². The maximum Gasteiger partial charge on any atom is 0.165 e. The molecular weight excluding hydrogens is 161 g/mol. The predicted octanol–water partition coefficient (Wildman–Crippen LogP) is 1.31. The first-order valence-corrected chi connectivity index (χ1v) is 3.02. The lowest BCUT2D eigenvalue weighted by atomic mass is 10.6. The normalized spacial score (nSPS) is 10.1. The quantitative estimate of drug-likeness (QED) is 0.631. The highest BCUT2D eigenvalue weighted by atomic mass is 35.5. The summed E-state index contributed by atoms with van der Waals surface area (Å²) in [5, 5.41) is 4.43. The van der Waals surface area contributed by atoms with Crippen molar-refractivity contribution in [3.8, 4) is 0 Å². The Morgan fingerprint density at radius 3 is 2.22 bits per heavy atom. The molecule has 0 aliphatic carbocycles. The minimum Gasteiger partial charge on any atom is -0.381 e. The Balaban J connectivity index is 3.29. The van der Waals surface area contributed by atoms with Crippen LogP contribution in [-0.4, -0.2) is 9.78 Å². The largest absolute Gasteiger partial charge is 0.381 e. The number of hydrogen-bond acceptors (Lipinski definition) is 2. The van der Waals surface area contributed by atoms with Crippen molar-refractivity contribution >= 4 is 29.0 Å². The first-order chi connectivity index (χ1) is 4.13. The first kappa shape index (κ1) is 6.71. The minimum absolute atomic E-state index is 0.268. The Morgan fingerprint density at radius 2 is 2.11 bits per heavy atom. The highest BCUT2D eigenvalue weighted by Gasteiger charge is 2.07. The van der Waals surface area contributed by atoms with Gasteiger partial charge >= 0.3 is 0 Å². The summed E-state index contributed by atoms with van der Waals surface area (Å²) in [7, 11) is 1.67. The number of aromatic nitrogens is 2. The van der Waals surface area contributed by atoms with Crippen LogP contribution < -0.4 is 5.73 Å². The summed E-state index contributed by atoms with van der Waals surface area (Å²) in [6, 6.07) is 0. The van der Waals surface area contributed by atoms with Crippen molar-refractivity contribution in [2.75, 3.05) is 5.73 Å². The van der Waals surface area contributed by atoms with Gasteiger partial charge in [-0.05, 0) is 0 Å². The van der Waals surface area contributed by atoms with Gasteiger partial charge in [0.15, 0.2) is 5.82 Å². The number of hydrogen-bond donors (Lipinski definition) is 1. The highest BCUT2D eigenvalue weighted by molar-refractivity contribution is 6.42. The van der Waals surface area contributed by atoms with E-state index in [0.29, 0.717) is 10.2 Å². The molecule has 0 spiro atoms. The summed E-state index contributed by atoms with van der Waals surface area (Å²) in [4.78, 5) is 0. The third kappa shape index (κ3) is 0.976. The van der Waals surface area contributed by atoms with E-state index >= 15 is 0 Å². The number of anilines is 1. The molecule has 1 heterocycles. The molecule has 0 fully saturated rings. The maximum atomic E-state index is 5.59. The molecule has 0 unspecified atom stereocenters. The molecule has 9 heavy (non-hydrogen) atoms. The van der Waals surface area contributed by atoms with Gasteiger partial charge in [0, 0.05) is 7.05 Å². The molecule has 0 aliphatic heterocycles. The topological polar surface area (TPSA) is 43.8 Å². The highest BCUT2D eigenvalue weighted by Crippen LogP contribution is 2.25. The molecule has 0 amide bonds. The molecule has 1 rings (SSSR count). The number of nitrogen functional groups attached to an aromatic ring is 1. The maximum absolute atomic E-state index is 5.59. The van der Waals surface area contributed by atoms with E-state index in [0.717, 1.165) is 0 Å². The van der Waals surface area contributed by atoms with Crippen molar-refractivity contribution in [1.29, 1.82) is 0 Å². The zero-order chi connectivity index (χ0) is 7.02. The van der Waals surface area contributed by atoms with Crippen LogP contribution in [0.15, 0.2) is 0 Å². The monoisotopic (exact) mass is 165 g/mol. The summed E-state index contributed by atoms with van der Waals surface area (Å²) in [5.41, 5.74) is 5.29.